The summed E-state index contributed by atoms with van der Waals surface area (Å²) in [5, 5.41) is 0.287. The summed E-state index contributed by atoms with van der Waals surface area (Å²) in [7, 11) is -3.68. The van der Waals surface area contributed by atoms with E-state index in [1.165, 1.54) is 6.07 Å². The van der Waals surface area contributed by atoms with Gasteiger partial charge in [0, 0.05) is 6.04 Å². The molecule has 0 aliphatic heterocycles. The number of hydrogen-bond acceptors (Lipinski definition) is 3. The van der Waals surface area contributed by atoms with Gasteiger partial charge >= 0.3 is 0 Å². The van der Waals surface area contributed by atoms with Gasteiger partial charge in [-0.2, -0.15) is 0 Å². The van der Waals surface area contributed by atoms with Crippen LogP contribution in [0.2, 0.25) is 10.0 Å². The van der Waals surface area contributed by atoms with Gasteiger partial charge in [0.2, 0.25) is 10.0 Å². The second-order valence-corrected chi connectivity index (χ2v) is 7.53. The molecular weight excluding hydrogens is 355 g/mol. The molecule has 2 rings (SSSR count). The Morgan fingerprint density at radius 3 is 2.57 bits per heavy atom. The standard InChI is InChI=1S/C13H18Cl2N2O2S.ClH/c14-10-5-3-7-12(13(10)15)20(18,19)17-11-6-2-1-4-9(11)8-16;/h3,5,7,9,11,17H,1-2,4,6,8,16H2;1H. The molecule has 8 heteroatoms. The van der Waals surface area contributed by atoms with Gasteiger partial charge < -0.3 is 5.73 Å². The molecule has 0 radical (unpaired) electrons. The fourth-order valence-corrected chi connectivity index (χ4v) is 4.70. The molecule has 4 nitrogen and oxygen atoms in total. The molecule has 0 amide bonds. The first-order valence-corrected chi connectivity index (χ1v) is 8.86. The van der Waals surface area contributed by atoms with E-state index in [0.29, 0.717) is 6.54 Å². The Bertz CT molecular complexity index is 581. The lowest BCUT2D eigenvalue weighted by Gasteiger charge is -2.31. The molecule has 0 aromatic heterocycles. The first-order valence-electron chi connectivity index (χ1n) is 6.62. The molecule has 3 N–H and O–H groups in total. The second kappa shape index (κ2) is 7.99. The second-order valence-electron chi connectivity index (χ2n) is 5.06. The first kappa shape index (κ1) is 19.0. The summed E-state index contributed by atoms with van der Waals surface area (Å²) >= 11 is 11.9. The molecule has 0 saturated heterocycles. The Morgan fingerprint density at radius 2 is 1.90 bits per heavy atom. The Hall–Kier alpha value is -0.0400. The van der Waals surface area contributed by atoms with Crippen molar-refractivity contribution in [3.05, 3.63) is 28.2 Å². The van der Waals surface area contributed by atoms with Crippen molar-refractivity contribution >= 4 is 45.6 Å². The van der Waals surface area contributed by atoms with Crippen molar-refractivity contribution in [2.45, 2.75) is 36.6 Å². The van der Waals surface area contributed by atoms with E-state index >= 15 is 0 Å². The summed E-state index contributed by atoms with van der Waals surface area (Å²) in [5.41, 5.74) is 5.72. The zero-order chi connectivity index (χ0) is 14.8. The van der Waals surface area contributed by atoms with E-state index in [4.69, 9.17) is 28.9 Å². The number of sulfonamides is 1. The van der Waals surface area contributed by atoms with Crippen LogP contribution in [0.5, 0.6) is 0 Å². The molecular formula is C13H19Cl3N2O2S. The third kappa shape index (κ3) is 4.47. The largest absolute Gasteiger partial charge is 0.330 e. The van der Waals surface area contributed by atoms with Crippen molar-refractivity contribution in [2.24, 2.45) is 11.7 Å². The van der Waals surface area contributed by atoms with Crippen LogP contribution in [-0.2, 0) is 10.0 Å². The van der Waals surface area contributed by atoms with Crippen molar-refractivity contribution in [3.63, 3.8) is 0 Å². The number of benzene rings is 1. The summed E-state index contributed by atoms with van der Waals surface area (Å²) in [5.74, 6) is 0.177. The van der Waals surface area contributed by atoms with Gasteiger partial charge in [-0.25, -0.2) is 13.1 Å². The van der Waals surface area contributed by atoms with Gasteiger partial charge in [-0.3, -0.25) is 0 Å². The van der Waals surface area contributed by atoms with Crippen LogP contribution >= 0.6 is 35.6 Å². The molecule has 2 unspecified atom stereocenters. The molecule has 1 saturated carbocycles. The lowest BCUT2D eigenvalue weighted by molar-refractivity contribution is 0.296. The Labute approximate surface area is 141 Å². The number of nitrogens with two attached hydrogens (primary N) is 1. The van der Waals surface area contributed by atoms with Crippen molar-refractivity contribution in [1.29, 1.82) is 0 Å². The molecule has 1 aliphatic rings. The van der Waals surface area contributed by atoms with Crippen LogP contribution < -0.4 is 10.5 Å². The Balaban J connectivity index is 0.00000220. The van der Waals surface area contributed by atoms with E-state index in [1.807, 2.05) is 0 Å². The third-order valence-corrected chi connectivity index (χ3v) is 6.19. The maximum atomic E-state index is 12.4. The summed E-state index contributed by atoms with van der Waals surface area (Å²) in [6, 6.07) is 4.46. The maximum Gasteiger partial charge on any atom is 0.242 e. The van der Waals surface area contributed by atoms with Crippen LogP contribution in [0.15, 0.2) is 23.1 Å². The molecule has 1 aromatic rings. The van der Waals surface area contributed by atoms with E-state index in [9.17, 15) is 8.42 Å². The maximum absolute atomic E-state index is 12.4. The van der Waals surface area contributed by atoms with Gasteiger partial charge in [-0.1, -0.05) is 42.1 Å². The number of rotatable bonds is 4. The lowest BCUT2D eigenvalue weighted by Crippen LogP contribution is -2.44. The lowest BCUT2D eigenvalue weighted by atomic mass is 9.85. The van der Waals surface area contributed by atoms with Gasteiger partial charge in [-0.05, 0) is 37.4 Å². The van der Waals surface area contributed by atoms with Crippen LogP contribution in [0.3, 0.4) is 0 Å². The molecule has 120 valence electrons. The van der Waals surface area contributed by atoms with Crippen molar-refractivity contribution < 1.29 is 8.42 Å². The highest BCUT2D eigenvalue weighted by molar-refractivity contribution is 7.89. The minimum Gasteiger partial charge on any atom is -0.330 e. The molecule has 2 atom stereocenters. The highest BCUT2D eigenvalue weighted by Crippen LogP contribution is 2.30. The quantitative estimate of drug-likeness (QED) is 0.851. The predicted molar refractivity (Wildman–Crippen MR) is 88.8 cm³/mol. The Kier molecular flexibility index (Phi) is 7.24. The summed E-state index contributed by atoms with van der Waals surface area (Å²) in [4.78, 5) is 0.0213. The highest BCUT2D eigenvalue weighted by atomic mass is 35.5. The van der Waals surface area contributed by atoms with Gasteiger partial charge in [0.1, 0.15) is 4.90 Å². The average molecular weight is 374 g/mol. The minimum absolute atomic E-state index is 0. The van der Waals surface area contributed by atoms with Crippen LogP contribution in [0.4, 0.5) is 0 Å². The molecule has 1 fully saturated rings. The summed E-state index contributed by atoms with van der Waals surface area (Å²) < 4.78 is 27.6. The normalized spacial score (nSPS) is 22.6. The van der Waals surface area contributed by atoms with Crippen LogP contribution in [-0.4, -0.2) is 21.0 Å². The zero-order valence-electron chi connectivity index (χ0n) is 11.4. The van der Waals surface area contributed by atoms with E-state index in [2.05, 4.69) is 4.72 Å². The minimum atomic E-state index is -3.68. The van der Waals surface area contributed by atoms with Crippen molar-refractivity contribution in [1.82, 2.24) is 4.72 Å². The number of nitrogens with one attached hydrogen (secondary N) is 1. The van der Waals surface area contributed by atoms with Gasteiger partial charge in [0.05, 0.1) is 10.0 Å². The average Bonchev–Trinajstić information content (AvgIpc) is 2.42. The van der Waals surface area contributed by atoms with E-state index < -0.39 is 10.0 Å². The predicted octanol–water partition coefficient (Wildman–Crippen LogP) is 3.21. The summed E-state index contributed by atoms with van der Waals surface area (Å²) in [6.07, 6.45) is 3.86. The third-order valence-electron chi connectivity index (χ3n) is 3.72. The molecule has 21 heavy (non-hydrogen) atoms. The fourth-order valence-electron chi connectivity index (χ4n) is 2.60. The van der Waals surface area contributed by atoms with E-state index in [1.54, 1.807) is 12.1 Å². The van der Waals surface area contributed by atoms with Gasteiger partial charge in [0.15, 0.2) is 0 Å². The highest BCUT2D eigenvalue weighted by Gasteiger charge is 2.29. The topological polar surface area (TPSA) is 72.2 Å². The van der Waals surface area contributed by atoms with Crippen LogP contribution in [0, 0.1) is 5.92 Å². The summed E-state index contributed by atoms with van der Waals surface area (Å²) in [6.45, 7) is 0.483. The monoisotopic (exact) mass is 372 g/mol. The number of halogens is 3. The van der Waals surface area contributed by atoms with Crippen LogP contribution in [0.1, 0.15) is 25.7 Å². The smallest absolute Gasteiger partial charge is 0.242 e. The number of hydrogen-bond donors (Lipinski definition) is 2. The molecule has 1 aliphatic carbocycles. The van der Waals surface area contributed by atoms with Gasteiger partial charge in [-0.15, -0.1) is 12.4 Å². The fraction of sp³-hybridized carbons (Fsp3) is 0.538. The zero-order valence-corrected chi connectivity index (χ0v) is 14.5. The van der Waals surface area contributed by atoms with Gasteiger partial charge in [0.25, 0.3) is 0 Å². The van der Waals surface area contributed by atoms with Crippen LogP contribution in [0.25, 0.3) is 0 Å². The molecule has 0 bridgehead atoms. The molecule has 0 heterocycles. The van der Waals surface area contributed by atoms with E-state index in [0.717, 1.165) is 25.7 Å². The Morgan fingerprint density at radius 1 is 1.24 bits per heavy atom. The SMILES string of the molecule is Cl.NCC1CCCCC1NS(=O)(=O)c1cccc(Cl)c1Cl. The molecule has 1 aromatic carbocycles. The van der Waals surface area contributed by atoms with E-state index in [-0.39, 0.29) is 39.3 Å². The first-order chi connectivity index (χ1) is 9.45. The van der Waals surface area contributed by atoms with Crippen molar-refractivity contribution in [2.75, 3.05) is 6.54 Å². The molecule has 0 spiro atoms. The van der Waals surface area contributed by atoms with Crippen molar-refractivity contribution in [3.8, 4) is 0 Å².